The van der Waals surface area contributed by atoms with Crippen LogP contribution < -0.4 is 5.32 Å². The Balaban J connectivity index is 1.43. The first-order valence-electron chi connectivity index (χ1n) is 8.09. The van der Waals surface area contributed by atoms with Crippen molar-refractivity contribution in [3.8, 4) is 0 Å². The molecule has 1 aliphatic carbocycles. The lowest BCUT2D eigenvalue weighted by Crippen LogP contribution is -2.36. The van der Waals surface area contributed by atoms with Crippen LogP contribution in [0.5, 0.6) is 0 Å². The molecule has 0 aromatic heterocycles. The van der Waals surface area contributed by atoms with Crippen LogP contribution in [0.25, 0.3) is 6.08 Å². The number of hydrogen-bond acceptors (Lipinski definition) is 3. The molecule has 2 fully saturated rings. The first-order valence-corrected chi connectivity index (χ1v) is 8.09. The molecule has 1 amide bonds. The number of rotatable bonds is 4. The van der Waals surface area contributed by atoms with E-state index in [2.05, 4.69) is 5.32 Å². The minimum Gasteiger partial charge on any atom is -0.350 e. The minimum absolute atomic E-state index is 0.0350. The minimum atomic E-state index is -0.368. The van der Waals surface area contributed by atoms with Crippen LogP contribution in [-0.4, -0.2) is 30.9 Å². The average Bonchev–Trinajstić information content (AvgIpc) is 2.95. The van der Waals surface area contributed by atoms with Gasteiger partial charge in [-0.3, -0.25) is 4.79 Å². The fraction of sp³-hybridized carbons (Fsp3) is 0.500. The third-order valence-corrected chi connectivity index (χ3v) is 4.26. The van der Waals surface area contributed by atoms with E-state index in [1.165, 1.54) is 19.3 Å². The Hall–Kier alpha value is -1.65. The Morgan fingerprint density at radius 1 is 1.23 bits per heavy atom. The Kier molecular flexibility index (Phi) is 4.90. The molecule has 1 N–H and O–H groups in total. The van der Waals surface area contributed by atoms with E-state index in [0.717, 1.165) is 18.4 Å². The van der Waals surface area contributed by atoms with Gasteiger partial charge in [0.15, 0.2) is 5.79 Å². The standard InChI is InChI=1S/C18H23NO3/c20-17(10-9-15-7-3-1-4-8-15)19-13-16-14-21-18(22-16)11-5-2-6-12-18/h1,3-4,7-10,16H,2,5-6,11-14H2,(H,19,20)/b10-9+. The number of ether oxygens (including phenoxy) is 2. The van der Waals surface area contributed by atoms with Gasteiger partial charge in [0.25, 0.3) is 0 Å². The predicted octanol–water partition coefficient (Wildman–Crippen LogP) is 2.89. The van der Waals surface area contributed by atoms with Crippen molar-refractivity contribution in [2.45, 2.75) is 44.0 Å². The molecule has 1 aliphatic heterocycles. The summed E-state index contributed by atoms with van der Waals surface area (Å²) in [5.74, 6) is -0.467. The van der Waals surface area contributed by atoms with Gasteiger partial charge in [-0.05, 0) is 24.5 Å². The molecule has 1 spiro atoms. The van der Waals surface area contributed by atoms with E-state index in [1.807, 2.05) is 36.4 Å². The molecule has 22 heavy (non-hydrogen) atoms. The van der Waals surface area contributed by atoms with Crippen molar-refractivity contribution in [3.05, 3.63) is 42.0 Å². The molecule has 1 aromatic rings. The zero-order chi connectivity index (χ0) is 15.3. The highest BCUT2D eigenvalue weighted by Crippen LogP contribution is 2.37. The largest absolute Gasteiger partial charge is 0.350 e. The zero-order valence-corrected chi connectivity index (χ0v) is 12.8. The van der Waals surface area contributed by atoms with Crippen molar-refractivity contribution < 1.29 is 14.3 Å². The second-order valence-electron chi connectivity index (χ2n) is 6.01. The van der Waals surface area contributed by atoms with Gasteiger partial charge in [-0.2, -0.15) is 0 Å². The SMILES string of the molecule is O=C(/C=C/c1ccccc1)NCC1COC2(CCCCC2)O1. The van der Waals surface area contributed by atoms with Crippen LogP contribution >= 0.6 is 0 Å². The number of benzene rings is 1. The molecule has 4 nitrogen and oxygen atoms in total. The van der Waals surface area contributed by atoms with E-state index in [1.54, 1.807) is 6.08 Å². The van der Waals surface area contributed by atoms with Gasteiger partial charge in [0.2, 0.25) is 5.91 Å². The van der Waals surface area contributed by atoms with Crippen LogP contribution in [0.1, 0.15) is 37.7 Å². The topological polar surface area (TPSA) is 47.6 Å². The highest BCUT2D eigenvalue weighted by Gasteiger charge is 2.42. The van der Waals surface area contributed by atoms with Crippen molar-refractivity contribution in [2.75, 3.05) is 13.2 Å². The van der Waals surface area contributed by atoms with Gasteiger partial charge in [0.1, 0.15) is 6.10 Å². The van der Waals surface area contributed by atoms with Crippen LogP contribution in [0.3, 0.4) is 0 Å². The third kappa shape index (κ3) is 3.96. The molecule has 1 unspecified atom stereocenters. The second kappa shape index (κ2) is 7.07. The van der Waals surface area contributed by atoms with E-state index in [-0.39, 0.29) is 17.8 Å². The molecule has 1 heterocycles. The number of amides is 1. The summed E-state index contributed by atoms with van der Waals surface area (Å²) in [4.78, 5) is 11.8. The zero-order valence-electron chi connectivity index (χ0n) is 12.8. The van der Waals surface area contributed by atoms with Crippen LogP contribution in [0.2, 0.25) is 0 Å². The molecule has 0 bridgehead atoms. The predicted molar refractivity (Wildman–Crippen MR) is 85.1 cm³/mol. The fourth-order valence-corrected chi connectivity index (χ4v) is 3.08. The van der Waals surface area contributed by atoms with E-state index < -0.39 is 0 Å². The molecule has 1 saturated carbocycles. The van der Waals surface area contributed by atoms with Gasteiger partial charge in [-0.15, -0.1) is 0 Å². The molecule has 0 radical (unpaired) electrons. The van der Waals surface area contributed by atoms with Gasteiger partial charge in [0, 0.05) is 25.5 Å². The number of nitrogens with one attached hydrogen (secondary N) is 1. The van der Waals surface area contributed by atoms with Crippen LogP contribution in [-0.2, 0) is 14.3 Å². The third-order valence-electron chi connectivity index (χ3n) is 4.26. The molecule has 1 atom stereocenters. The normalized spacial score (nSPS) is 23.9. The van der Waals surface area contributed by atoms with Gasteiger partial charge < -0.3 is 14.8 Å². The molecule has 2 aliphatic rings. The van der Waals surface area contributed by atoms with Crippen LogP contribution in [0.4, 0.5) is 0 Å². The fourth-order valence-electron chi connectivity index (χ4n) is 3.08. The van der Waals surface area contributed by atoms with Gasteiger partial charge in [-0.1, -0.05) is 36.8 Å². The highest BCUT2D eigenvalue weighted by atomic mass is 16.7. The van der Waals surface area contributed by atoms with E-state index in [4.69, 9.17) is 9.47 Å². The van der Waals surface area contributed by atoms with Crippen molar-refractivity contribution in [2.24, 2.45) is 0 Å². The number of hydrogen-bond donors (Lipinski definition) is 1. The maximum atomic E-state index is 11.8. The molecule has 4 heteroatoms. The summed E-state index contributed by atoms with van der Waals surface area (Å²) in [6.45, 7) is 1.07. The number of carbonyl (C=O) groups excluding carboxylic acids is 1. The van der Waals surface area contributed by atoms with Crippen LogP contribution in [0.15, 0.2) is 36.4 Å². The van der Waals surface area contributed by atoms with Gasteiger partial charge in [0.05, 0.1) is 6.61 Å². The van der Waals surface area contributed by atoms with E-state index in [9.17, 15) is 4.79 Å². The lowest BCUT2D eigenvalue weighted by atomic mass is 9.94. The molecule has 118 valence electrons. The number of carbonyl (C=O) groups is 1. The van der Waals surface area contributed by atoms with Crippen molar-refractivity contribution in [1.82, 2.24) is 5.32 Å². The van der Waals surface area contributed by atoms with Crippen molar-refractivity contribution in [3.63, 3.8) is 0 Å². The van der Waals surface area contributed by atoms with E-state index in [0.29, 0.717) is 13.2 Å². The van der Waals surface area contributed by atoms with E-state index >= 15 is 0 Å². The average molecular weight is 301 g/mol. The molecular formula is C18H23NO3. The first-order chi connectivity index (χ1) is 10.8. The monoisotopic (exact) mass is 301 g/mol. The maximum Gasteiger partial charge on any atom is 0.244 e. The molecule has 1 aromatic carbocycles. The summed E-state index contributed by atoms with van der Waals surface area (Å²) in [5, 5.41) is 2.89. The van der Waals surface area contributed by atoms with Crippen molar-refractivity contribution >= 4 is 12.0 Å². The van der Waals surface area contributed by atoms with Crippen molar-refractivity contribution in [1.29, 1.82) is 0 Å². The van der Waals surface area contributed by atoms with Crippen LogP contribution in [0, 0.1) is 0 Å². The Bertz CT molecular complexity index is 520. The Labute approximate surface area is 131 Å². The molecular weight excluding hydrogens is 278 g/mol. The molecule has 3 rings (SSSR count). The molecule has 1 saturated heterocycles. The summed E-state index contributed by atoms with van der Waals surface area (Å²) >= 11 is 0. The summed E-state index contributed by atoms with van der Waals surface area (Å²) in [6.07, 6.45) is 8.88. The smallest absolute Gasteiger partial charge is 0.244 e. The lowest BCUT2D eigenvalue weighted by Gasteiger charge is -2.31. The first kappa shape index (κ1) is 15.3. The Morgan fingerprint density at radius 2 is 2.00 bits per heavy atom. The van der Waals surface area contributed by atoms with Gasteiger partial charge in [-0.25, -0.2) is 0 Å². The lowest BCUT2D eigenvalue weighted by molar-refractivity contribution is -0.186. The summed E-state index contributed by atoms with van der Waals surface area (Å²) in [7, 11) is 0. The van der Waals surface area contributed by atoms with Gasteiger partial charge >= 0.3 is 0 Å². The maximum absolute atomic E-state index is 11.8. The summed E-state index contributed by atoms with van der Waals surface area (Å²) in [5.41, 5.74) is 1.01. The highest BCUT2D eigenvalue weighted by molar-refractivity contribution is 5.91. The summed E-state index contributed by atoms with van der Waals surface area (Å²) < 4.78 is 11.9. The Morgan fingerprint density at radius 3 is 2.77 bits per heavy atom. The second-order valence-corrected chi connectivity index (χ2v) is 6.01. The summed E-state index contributed by atoms with van der Waals surface area (Å²) in [6, 6.07) is 9.78. The quantitative estimate of drug-likeness (QED) is 0.870.